The Kier molecular flexibility index (Phi) is 2.00. The molecule has 3 rings (SSSR count). The summed E-state index contributed by atoms with van der Waals surface area (Å²) in [4.78, 5) is 0. The predicted octanol–water partition coefficient (Wildman–Crippen LogP) is 3.55. The lowest BCUT2D eigenvalue weighted by Crippen LogP contribution is -2.38. The Labute approximate surface area is 98.3 Å². The van der Waals surface area contributed by atoms with E-state index in [0.717, 1.165) is 0 Å². The molecule has 0 bridgehead atoms. The highest BCUT2D eigenvalue weighted by molar-refractivity contribution is 5.46. The van der Waals surface area contributed by atoms with E-state index in [4.69, 9.17) is 0 Å². The fourth-order valence-electron chi connectivity index (χ4n) is 3.17. The maximum absolute atomic E-state index is 3.77. The molecule has 1 aromatic carbocycles. The summed E-state index contributed by atoms with van der Waals surface area (Å²) in [7, 11) is 0. The van der Waals surface area contributed by atoms with Crippen LogP contribution in [-0.4, -0.2) is 5.54 Å². The summed E-state index contributed by atoms with van der Waals surface area (Å²) in [6.07, 6.45) is 4.10. The molecule has 1 spiro atoms. The first kappa shape index (κ1) is 10.3. The molecule has 1 N–H and O–H groups in total. The zero-order valence-electron chi connectivity index (χ0n) is 10.5. The van der Waals surface area contributed by atoms with Crippen LogP contribution in [0.25, 0.3) is 0 Å². The Morgan fingerprint density at radius 3 is 2.50 bits per heavy atom. The molecule has 1 aromatic rings. The zero-order chi connectivity index (χ0) is 11.4. The molecule has 1 fully saturated rings. The lowest BCUT2D eigenvalue weighted by atomic mass is 9.99. The second-order valence-electron chi connectivity index (χ2n) is 6.52. The van der Waals surface area contributed by atoms with Gasteiger partial charge in [0, 0.05) is 11.6 Å². The maximum atomic E-state index is 3.77. The van der Waals surface area contributed by atoms with Crippen LogP contribution in [0.2, 0.25) is 0 Å². The van der Waals surface area contributed by atoms with Gasteiger partial charge in [-0.25, -0.2) is 0 Å². The van der Waals surface area contributed by atoms with Gasteiger partial charge in [-0.15, -0.1) is 0 Å². The monoisotopic (exact) mass is 215 g/mol. The number of benzene rings is 1. The summed E-state index contributed by atoms with van der Waals surface area (Å²) < 4.78 is 0. The van der Waals surface area contributed by atoms with Gasteiger partial charge in [0.1, 0.15) is 0 Å². The van der Waals surface area contributed by atoms with Crippen molar-refractivity contribution in [2.75, 3.05) is 0 Å². The summed E-state index contributed by atoms with van der Waals surface area (Å²) in [5.74, 6) is 0. The average Bonchev–Trinajstić information content (AvgIpc) is 2.89. The van der Waals surface area contributed by atoms with Gasteiger partial charge in [0.05, 0.1) is 0 Å². The van der Waals surface area contributed by atoms with Crippen LogP contribution in [0.1, 0.15) is 57.2 Å². The van der Waals surface area contributed by atoms with Gasteiger partial charge in [-0.05, 0) is 56.6 Å². The molecule has 2 aliphatic carbocycles. The first-order chi connectivity index (χ1) is 7.50. The Morgan fingerprint density at radius 2 is 1.88 bits per heavy atom. The molecule has 86 valence electrons. The molecule has 1 atom stereocenters. The highest BCUT2D eigenvalue weighted by Gasteiger charge is 2.52. The van der Waals surface area contributed by atoms with E-state index in [1.54, 1.807) is 11.1 Å². The fourth-order valence-corrected chi connectivity index (χ4v) is 3.17. The number of rotatable bonds is 1. The van der Waals surface area contributed by atoms with Crippen molar-refractivity contribution < 1.29 is 0 Å². The SMILES string of the molecule is CC(C)(C)NC1CC2(CC2)c2ccccc21. The van der Waals surface area contributed by atoms with Crippen molar-refractivity contribution in [3.05, 3.63) is 35.4 Å². The molecule has 0 heterocycles. The molecular weight excluding hydrogens is 194 g/mol. The highest BCUT2D eigenvalue weighted by atomic mass is 15.0. The van der Waals surface area contributed by atoms with Gasteiger partial charge in [0.15, 0.2) is 0 Å². The van der Waals surface area contributed by atoms with E-state index in [1.165, 1.54) is 19.3 Å². The van der Waals surface area contributed by atoms with Crippen LogP contribution in [0.15, 0.2) is 24.3 Å². The summed E-state index contributed by atoms with van der Waals surface area (Å²) in [5.41, 5.74) is 3.93. The number of fused-ring (bicyclic) bond motifs is 2. The smallest absolute Gasteiger partial charge is 0.0336 e. The molecule has 0 saturated heterocycles. The largest absolute Gasteiger partial charge is 0.305 e. The minimum absolute atomic E-state index is 0.207. The molecule has 1 nitrogen and oxygen atoms in total. The van der Waals surface area contributed by atoms with Crippen LogP contribution < -0.4 is 5.32 Å². The number of nitrogens with one attached hydrogen (secondary N) is 1. The van der Waals surface area contributed by atoms with E-state index < -0.39 is 0 Å². The normalized spacial score (nSPS) is 25.8. The molecule has 1 unspecified atom stereocenters. The van der Waals surface area contributed by atoms with Crippen LogP contribution in [-0.2, 0) is 5.41 Å². The third kappa shape index (κ3) is 1.58. The van der Waals surface area contributed by atoms with Gasteiger partial charge in [-0.3, -0.25) is 0 Å². The molecule has 0 aromatic heterocycles. The van der Waals surface area contributed by atoms with Crippen LogP contribution in [0.4, 0.5) is 0 Å². The summed E-state index contributed by atoms with van der Waals surface area (Å²) in [6.45, 7) is 6.77. The van der Waals surface area contributed by atoms with Crippen LogP contribution in [0.5, 0.6) is 0 Å². The van der Waals surface area contributed by atoms with E-state index in [0.29, 0.717) is 11.5 Å². The second-order valence-corrected chi connectivity index (χ2v) is 6.52. The van der Waals surface area contributed by atoms with Crippen molar-refractivity contribution in [3.63, 3.8) is 0 Å². The van der Waals surface area contributed by atoms with Crippen molar-refractivity contribution in [1.82, 2.24) is 5.32 Å². The Hall–Kier alpha value is -0.820. The summed E-state index contributed by atoms with van der Waals surface area (Å²) in [6, 6.07) is 9.59. The van der Waals surface area contributed by atoms with E-state index in [-0.39, 0.29) is 5.54 Å². The minimum atomic E-state index is 0.207. The summed E-state index contributed by atoms with van der Waals surface area (Å²) >= 11 is 0. The molecule has 1 heteroatoms. The van der Waals surface area contributed by atoms with E-state index in [9.17, 15) is 0 Å². The van der Waals surface area contributed by atoms with Crippen molar-refractivity contribution in [2.24, 2.45) is 0 Å². The molecule has 1 saturated carbocycles. The van der Waals surface area contributed by atoms with Gasteiger partial charge in [-0.2, -0.15) is 0 Å². The average molecular weight is 215 g/mol. The van der Waals surface area contributed by atoms with Crippen LogP contribution in [0.3, 0.4) is 0 Å². The van der Waals surface area contributed by atoms with Gasteiger partial charge in [0.2, 0.25) is 0 Å². The van der Waals surface area contributed by atoms with E-state index in [1.807, 2.05) is 0 Å². The van der Waals surface area contributed by atoms with Crippen molar-refractivity contribution in [3.8, 4) is 0 Å². The Balaban J connectivity index is 1.94. The van der Waals surface area contributed by atoms with Crippen LogP contribution in [0, 0.1) is 0 Å². The molecule has 0 amide bonds. The maximum Gasteiger partial charge on any atom is 0.0336 e. The van der Waals surface area contributed by atoms with Crippen molar-refractivity contribution in [1.29, 1.82) is 0 Å². The molecule has 0 aliphatic heterocycles. The third-order valence-corrected chi connectivity index (χ3v) is 3.96. The highest BCUT2D eigenvalue weighted by Crippen LogP contribution is 2.60. The molecular formula is C15H21N. The lowest BCUT2D eigenvalue weighted by Gasteiger charge is -2.26. The summed E-state index contributed by atoms with van der Waals surface area (Å²) in [5, 5.41) is 3.77. The number of hydrogen-bond donors (Lipinski definition) is 1. The standard InChI is InChI=1S/C15H21N/c1-14(2,3)16-13-10-15(8-9-15)12-7-5-4-6-11(12)13/h4-7,13,16H,8-10H2,1-3H3. The topological polar surface area (TPSA) is 12.0 Å². The third-order valence-electron chi connectivity index (χ3n) is 3.96. The van der Waals surface area contributed by atoms with E-state index >= 15 is 0 Å². The Morgan fingerprint density at radius 1 is 1.19 bits per heavy atom. The lowest BCUT2D eigenvalue weighted by molar-refractivity contribution is 0.350. The van der Waals surface area contributed by atoms with Gasteiger partial charge < -0.3 is 5.32 Å². The van der Waals surface area contributed by atoms with Gasteiger partial charge >= 0.3 is 0 Å². The molecule has 0 radical (unpaired) electrons. The first-order valence-electron chi connectivity index (χ1n) is 6.37. The Bertz CT molecular complexity index is 408. The quantitative estimate of drug-likeness (QED) is 0.755. The molecule has 16 heavy (non-hydrogen) atoms. The second kappa shape index (κ2) is 3.10. The first-order valence-corrected chi connectivity index (χ1v) is 6.37. The predicted molar refractivity (Wildman–Crippen MR) is 67.6 cm³/mol. The van der Waals surface area contributed by atoms with Gasteiger partial charge in [0.25, 0.3) is 0 Å². The zero-order valence-corrected chi connectivity index (χ0v) is 10.5. The van der Waals surface area contributed by atoms with Crippen molar-refractivity contribution >= 4 is 0 Å². The minimum Gasteiger partial charge on any atom is -0.305 e. The van der Waals surface area contributed by atoms with E-state index in [2.05, 4.69) is 50.4 Å². The van der Waals surface area contributed by atoms with Crippen molar-refractivity contribution in [2.45, 2.75) is 57.0 Å². The van der Waals surface area contributed by atoms with Crippen LogP contribution >= 0.6 is 0 Å². The number of hydrogen-bond acceptors (Lipinski definition) is 1. The molecule has 2 aliphatic rings. The fraction of sp³-hybridized carbons (Fsp3) is 0.600. The van der Waals surface area contributed by atoms with Gasteiger partial charge in [-0.1, -0.05) is 24.3 Å².